The number of fused-ring (bicyclic) bond motifs is 1. The lowest BCUT2D eigenvalue weighted by Gasteiger charge is -2.37. The Morgan fingerprint density at radius 3 is 1.93 bits per heavy atom. The zero-order chi connectivity index (χ0) is 37.8. The Morgan fingerprint density at radius 1 is 0.727 bits per heavy atom. The summed E-state index contributed by atoms with van der Waals surface area (Å²) in [6.07, 6.45) is 2.35. The van der Waals surface area contributed by atoms with E-state index >= 15 is 4.39 Å². The highest BCUT2D eigenvalue weighted by atomic mass is 19.1. The third-order valence-electron chi connectivity index (χ3n) is 9.80. The highest BCUT2D eigenvalue weighted by Gasteiger charge is 2.39. The van der Waals surface area contributed by atoms with Crippen LogP contribution in [0.4, 0.5) is 20.6 Å². The fraction of sp³-hybridized carbons (Fsp3) is 0.0870. The topological polar surface area (TPSA) is 91.6 Å². The third kappa shape index (κ3) is 6.79. The molecule has 0 aliphatic carbocycles. The number of hydrogen-bond acceptors (Lipinski definition) is 4. The normalized spacial score (nSPS) is 14.1. The molecule has 2 heterocycles. The highest BCUT2D eigenvalue weighted by molar-refractivity contribution is 6.20. The van der Waals surface area contributed by atoms with E-state index in [0.717, 1.165) is 22.3 Å². The molecule has 0 bridgehead atoms. The minimum absolute atomic E-state index is 0.0368. The summed E-state index contributed by atoms with van der Waals surface area (Å²) in [5.74, 6) is -1.01. The number of nitrogens with one attached hydrogen (secondary N) is 2. The number of aliphatic imine (C=N–C) groups is 1. The Kier molecular flexibility index (Phi) is 9.58. The average Bonchev–Trinajstić information content (AvgIpc) is 3.65. The van der Waals surface area contributed by atoms with Crippen LogP contribution in [-0.2, 0) is 16.9 Å². The highest BCUT2D eigenvalue weighted by Crippen LogP contribution is 2.41. The number of carbonyl (C=O) groups is 2. The van der Waals surface area contributed by atoms with E-state index in [9.17, 15) is 9.59 Å². The van der Waals surface area contributed by atoms with Gasteiger partial charge in [0, 0.05) is 23.0 Å². The van der Waals surface area contributed by atoms with Crippen molar-refractivity contribution in [1.82, 2.24) is 14.9 Å². The van der Waals surface area contributed by atoms with Crippen molar-refractivity contribution in [2.45, 2.75) is 25.2 Å². The van der Waals surface area contributed by atoms with Crippen molar-refractivity contribution in [3.8, 4) is 0 Å². The number of anilines is 2. The molecule has 2 N–H and O–H groups in total. The number of aryl methyl sites for hydroxylation is 1. The summed E-state index contributed by atoms with van der Waals surface area (Å²) >= 11 is 0. The Balaban J connectivity index is 1.23. The lowest BCUT2D eigenvalue weighted by Crippen LogP contribution is -2.48. The molecule has 1 aliphatic rings. The van der Waals surface area contributed by atoms with E-state index in [4.69, 9.17) is 9.98 Å². The molecule has 6 aromatic carbocycles. The van der Waals surface area contributed by atoms with Crippen molar-refractivity contribution in [2.24, 2.45) is 4.99 Å². The van der Waals surface area contributed by atoms with E-state index < -0.39 is 29.5 Å². The number of para-hydroxylation sites is 1. The first-order valence-corrected chi connectivity index (χ1v) is 18.0. The second-order valence-corrected chi connectivity index (χ2v) is 13.4. The van der Waals surface area contributed by atoms with Gasteiger partial charge in [0.25, 0.3) is 5.91 Å². The molecule has 0 fully saturated rings. The van der Waals surface area contributed by atoms with Gasteiger partial charge in [0.2, 0.25) is 6.17 Å². The molecular formula is C46H37FN6O2. The Bertz CT molecular complexity index is 2400. The molecule has 0 saturated carbocycles. The summed E-state index contributed by atoms with van der Waals surface area (Å²) in [4.78, 5) is 39.4. The van der Waals surface area contributed by atoms with Crippen molar-refractivity contribution in [3.05, 3.63) is 221 Å². The van der Waals surface area contributed by atoms with Gasteiger partial charge in [0.15, 0.2) is 0 Å². The summed E-state index contributed by atoms with van der Waals surface area (Å²) in [5.41, 5.74) is 5.87. The number of halogens is 1. The summed E-state index contributed by atoms with van der Waals surface area (Å²) in [6.45, 7) is 1.96. The number of benzene rings is 6. The molecule has 0 unspecified atom stereocenters. The smallest absolute Gasteiger partial charge is 0.319 e. The predicted octanol–water partition coefficient (Wildman–Crippen LogP) is 8.70. The van der Waals surface area contributed by atoms with Gasteiger partial charge in [-0.25, -0.2) is 19.2 Å². The lowest BCUT2D eigenvalue weighted by molar-refractivity contribution is -0.120. The SMILES string of the molecule is Cc1cccc(NC(=O)N[C@H]2N=C(c3ccccc3F)c3ccccc3N(Cc3cn(C(c4ccccc4)(c4ccccc4)c4ccccc4)cn3)C2=O)c1. The van der Waals surface area contributed by atoms with E-state index in [0.29, 0.717) is 22.6 Å². The van der Waals surface area contributed by atoms with Crippen LogP contribution in [0.15, 0.2) is 181 Å². The fourth-order valence-electron chi connectivity index (χ4n) is 7.34. The molecule has 1 aromatic heterocycles. The first-order valence-electron chi connectivity index (χ1n) is 18.0. The fourth-order valence-corrected chi connectivity index (χ4v) is 7.34. The summed E-state index contributed by atoms with van der Waals surface area (Å²) in [6, 6.07) is 51.0. The van der Waals surface area contributed by atoms with Crippen molar-refractivity contribution in [1.29, 1.82) is 0 Å². The molecule has 0 spiro atoms. The van der Waals surface area contributed by atoms with Crippen LogP contribution in [0.25, 0.3) is 0 Å². The standard InChI is InChI=1S/C46H37FN6O2/c1-32-16-15-23-36(28-32)49-45(55)51-43-44(54)53(41-27-14-12-25-39(41)42(50-43)38-24-11-13-26-40(38)47)30-37-29-52(31-48-37)46(33-17-5-2-6-18-33,34-19-7-3-8-20-34)35-21-9-4-10-22-35/h2-29,31,43H,30H2,1H3,(H2,49,51,55)/t43-/m1/s1. The lowest BCUT2D eigenvalue weighted by atomic mass is 9.77. The van der Waals surface area contributed by atoms with E-state index in [2.05, 4.69) is 51.6 Å². The van der Waals surface area contributed by atoms with Crippen molar-refractivity contribution >= 4 is 29.0 Å². The minimum atomic E-state index is -1.40. The number of rotatable bonds is 9. The van der Waals surface area contributed by atoms with Gasteiger partial charge in [-0.15, -0.1) is 0 Å². The molecule has 0 radical (unpaired) electrons. The monoisotopic (exact) mass is 724 g/mol. The maximum atomic E-state index is 15.5. The predicted molar refractivity (Wildman–Crippen MR) is 214 cm³/mol. The summed E-state index contributed by atoms with van der Waals surface area (Å²) in [5, 5.41) is 5.57. The van der Waals surface area contributed by atoms with Gasteiger partial charge in [0.1, 0.15) is 11.4 Å². The number of carbonyl (C=O) groups excluding carboxylic acids is 2. The Morgan fingerprint density at radius 2 is 1.31 bits per heavy atom. The molecule has 8 nitrogen and oxygen atoms in total. The quantitative estimate of drug-likeness (QED) is 0.146. The molecule has 7 aromatic rings. The first-order chi connectivity index (χ1) is 26.9. The molecule has 270 valence electrons. The third-order valence-corrected chi connectivity index (χ3v) is 9.80. The average molecular weight is 725 g/mol. The molecule has 0 saturated heterocycles. The number of benzodiazepines with no additional fused rings is 1. The van der Waals surface area contributed by atoms with Crippen LogP contribution in [-0.4, -0.2) is 33.4 Å². The van der Waals surface area contributed by atoms with Gasteiger partial charge in [-0.3, -0.25) is 4.79 Å². The van der Waals surface area contributed by atoms with Crippen LogP contribution < -0.4 is 15.5 Å². The Hall–Kier alpha value is -7.13. The van der Waals surface area contributed by atoms with Crippen molar-refractivity contribution in [3.63, 3.8) is 0 Å². The second-order valence-electron chi connectivity index (χ2n) is 13.4. The van der Waals surface area contributed by atoms with E-state index in [1.807, 2.05) is 98.0 Å². The zero-order valence-electron chi connectivity index (χ0n) is 30.0. The van der Waals surface area contributed by atoms with Crippen LogP contribution >= 0.6 is 0 Å². The van der Waals surface area contributed by atoms with Crippen molar-refractivity contribution < 1.29 is 14.0 Å². The van der Waals surface area contributed by atoms with E-state index in [1.54, 1.807) is 47.6 Å². The van der Waals surface area contributed by atoms with Gasteiger partial charge < -0.3 is 20.1 Å². The second kappa shape index (κ2) is 15.1. The van der Waals surface area contributed by atoms with Crippen molar-refractivity contribution in [2.75, 3.05) is 10.2 Å². The number of aromatic nitrogens is 2. The molecule has 1 atom stereocenters. The number of hydrogen-bond donors (Lipinski definition) is 2. The van der Waals surface area contributed by atoms with Gasteiger partial charge in [-0.05, 0) is 59.5 Å². The molecule has 3 amide bonds. The summed E-state index contributed by atoms with van der Waals surface area (Å²) < 4.78 is 17.6. The van der Waals surface area contributed by atoms with Crippen LogP contribution in [0, 0.1) is 12.7 Å². The van der Waals surface area contributed by atoms with E-state index in [-0.39, 0.29) is 17.8 Å². The maximum absolute atomic E-state index is 15.5. The molecule has 8 rings (SSSR count). The van der Waals surface area contributed by atoms with Crippen LogP contribution in [0.3, 0.4) is 0 Å². The largest absolute Gasteiger partial charge is 0.321 e. The molecule has 1 aliphatic heterocycles. The van der Waals surface area contributed by atoms with Crippen LogP contribution in [0.2, 0.25) is 0 Å². The Labute approximate surface area is 318 Å². The van der Waals surface area contributed by atoms with Gasteiger partial charge in [-0.2, -0.15) is 0 Å². The molecular weight excluding hydrogens is 688 g/mol. The van der Waals surface area contributed by atoms with Crippen LogP contribution in [0.1, 0.15) is 39.1 Å². The number of imidazole rings is 1. The minimum Gasteiger partial charge on any atom is -0.319 e. The summed E-state index contributed by atoms with van der Waals surface area (Å²) in [7, 11) is 0. The van der Waals surface area contributed by atoms with Gasteiger partial charge in [0.05, 0.1) is 30.0 Å². The number of amides is 3. The zero-order valence-corrected chi connectivity index (χ0v) is 30.0. The van der Waals surface area contributed by atoms with Crippen LogP contribution in [0.5, 0.6) is 0 Å². The van der Waals surface area contributed by atoms with E-state index in [1.165, 1.54) is 6.07 Å². The first kappa shape index (κ1) is 34.9. The van der Waals surface area contributed by atoms with Gasteiger partial charge >= 0.3 is 6.03 Å². The number of nitrogens with zero attached hydrogens (tertiary/aromatic N) is 4. The van der Waals surface area contributed by atoms with Gasteiger partial charge in [-0.1, -0.05) is 133 Å². The maximum Gasteiger partial charge on any atom is 0.321 e. The molecule has 9 heteroatoms. The molecule has 55 heavy (non-hydrogen) atoms. The number of urea groups is 1.